The number of anilines is 1. The van der Waals surface area contributed by atoms with Crippen LogP contribution in [-0.4, -0.2) is 60.5 Å². The fourth-order valence-corrected chi connectivity index (χ4v) is 3.18. The molecule has 3 aromatic rings. The van der Waals surface area contributed by atoms with Crippen molar-refractivity contribution in [1.29, 1.82) is 0 Å². The summed E-state index contributed by atoms with van der Waals surface area (Å²) < 4.78 is 21.3. The number of rotatable bonds is 6. The maximum Gasteiger partial charge on any atom is 0.321 e. The monoisotopic (exact) mass is 411 g/mol. The summed E-state index contributed by atoms with van der Waals surface area (Å²) in [5.41, 5.74) is 1.37. The van der Waals surface area contributed by atoms with Crippen molar-refractivity contribution >= 4 is 11.7 Å². The van der Waals surface area contributed by atoms with Gasteiger partial charge in [0.1, 0.15) is 0 Å². The number of likely N-dealkylation sites (tertiary alicyclic amines) is 1. The quantitative estimate of drug-likeness (QED) is 0.659. The predicted molar refractivity (Wildman–Crippen MR) is 107 cm³/mol. The molecular formula is C20H21N5O5. The summed E-state index contributed by atoms with van der Waals surface area (Å²) in [4.78, 5) is 22.6. The van der Waals surface area contributed by atoms with Gasteiger partial charge in [-0.15, -0.1) is 0 Å². The summed E-state index contributed by atoms with van der Waals surface area (Å²) in [6.07, 6.45) is 3.34. The molecule has 1 aromatic carbocycles. The Balaban J connectivity index is 1.39. The largest absolute Gasteiger partial charge is 0.493 e. The minimum absolute atomic E-state index is 0.00113. The molecule has 0 bridgehead atoms. The first-order valence-corrected chi connectivity index (χ1v) is 9.23. The number of hydrogen-bond acceptors (Lipinski definition) is 8. The molecule has 0 unspecified atom stereocenters. The Kier molecular flexibility index (Phi) is 5.38. The van der Waals surface area contributed by atoms with Crippen LogP contribution in [0.3, 0.4) is 0 Å². The lowest BCUT2D eigenvalue weighted by Crippen LogP contribution is -2.50. The lowest BCUT2D eigenvalue weighted by atomic mass is 10.0. The SMILES string of the molecule is COc1cc(NC(=O)N2CC(c3nc(-c4ccncc4)no3)C2)cc(OC)c1OC. The second-order valence-electron chi connectivity index (χ2n) is 6.64. The minimum Gasteiger partial charge on any atom is -0.493 e. The Bertz CT molecular complexity index is 1010. The van der Waals surface area contributed by atoms with E-state index in [0.717, 1.165) is 5.56 Å². The van der Waals surface area contributed by atoms with Crippen molar-refractivity contribution < 1.29 is 23.5 Å². The zero-order valence-electron chi connectivity index (χ0n) is 16.8. The van der Waals surface area contributed by atoms with Gasteiger partial charge in [-0.25, -0.2) is 4.79 Å². The van der Waals surface area contributed by atoms with Gasteiger partial charge in [0, 0.05) is 43.2 Å². The van der Waals surface area contributed by atoms with Crippen LogP contribution in [0, 0.1) is 0 Å². The molecule has 10 heteroatoms. The van der Waals surface area contributed by atoms with E-state index in [0.29, 0.717) is 47.7 Å². The molecular weight excluding hydrogens is 390 g/mol. The van der Waals surface area contributed by atoms with Crippen LogP contribution < -0.4 is 19.5 Å². The van der Waals surface area contributed by atoms with Crippen LogP contribution in [0.5, 0.6) is 17.2 Å². The third kappa shape index (κ3) is 3.71. The fourth-order valence-electron chi connectivity index (χ4n) is 3.18. The van der Waals surface area contributed by atoms with E-state index < -0.39 is 0 Å². The van der Waals surface area contributed by atoms with Gasteiger partial charge in [0.15, 0.2) is 11.5 Å². The third-order valence-electron chi connectivity index (χ3n) is 4.81. The topological polar surface area (TPSA) is 112 Å². The smallest absolute Gasteiger partial charge is 0.321 e. The number of aromatic nitrogens is 3. The van der Waals surface area contributed by atoms with Gasteiger partial charge >= 0.3 is 6.03 Å². The van der Waals surface area contributed by atoms with E-state index in [-0.39, 0.29) is 11.9 Å². The summed E-state index contributed by atoms with van der Waals surface area (Å²) in [7, 11) is 4.57. The van der Waals surface area contributed by atoms with Gasteiger partial charge in [-0.1, -0.05) is 5.16 Å². The maximum atomic E-state index is 12.6. The molecule has 0 spiro atoms. The van der Waals surface area contributed by atoms with Crippen molar-refractivity contribution in [1.82, 2.24) is 20.0 Å². The number of pyridine rings is 1. The van der Waals surface area contributed by atoms with Crippen molar-refractivity contribution in [2.75, 3.05) is 39.7 Å². The predicted octanol–water partition coefficient (Wildman–Crippen LogP) is 2.79. The van der Waals surface area contributed by atoms with Gasteiger partial charge in [0.25, 0.3) is 0 Å². The van der Waals surface area contributed by atoms with Crippen molar-refractivity contribution in [3.05, 3.63) is 42.5 Å². The first-order chi connectivity index (χ1) is 14.6. The number of carbonyl (C=O) groups is 1. The number of hydrogen-bond donors (Lipinski definition) is 1. The molecule has 156 valence electrons. The van der Waals surface area contributed by atoms with E-state index in [2.05, 4.69) is 20.4 Å². The summed E-state index contributed by atoms with van der Waals surface area (Å²) in [5, 5.41) is 6.85. The van der Waals surface area contributed by atoms with Gasteiger partial charge < -0.3 is 29.0 Å². The Morgan fingerprint density at radius 2 is 1.77 bits per heavy atom. The summed E-state index contributed by atoms with van der Waals surface area (Å²) >= 11 is 0. The highest BCUT2D eigenvalue weighted by molar-refractivity contribution is 5.91. The van der Waals surface area contributed by atoms with Crippen molar-refractivity contribution in [3.63, 3.8) is 0 Å². The number of ether oxygens (including phenoxy) is 3. The average Bonchev–Trinajstić information content (AvgIpc) is 3.22. The molecule has 0 atom stereocenters. The zero-order chi connectivity index (χ0) is 21.1. The Morgan fingerprint density at radius 3 is 2.37 bits per heavy atom. The molecule has 1 fully saturated rings. The number of nitrogens with one attached hydrogen (secondary N) is 1. The van der Waals surface area contributed by atoms with Gasteiger partial charge in [0.2, 0.25) is 17.5 Å². The average molecular weight is 411 g/mol. The zero-order valence-corrected chi connectivity index (χ0v) is 16.8. The van der Waals surface area contributed by atoms with Crippen LogP contribution in [0.4, 0.5) is 10.5 Å². The first kappa shape index (κ1) is 19.5. The van der Waals surface area contributed by atoms with Crippen molar-refractivity contribution in [2.24, 2.45) is 0 Å². The van der Waals surface area contributed by atoms with E-state index in [1.165, 1.54) is 21.3 Å². The summed E-state index contributed by atoms with van der Waals surface area (Å²) in [5.74, 6) is 2.40. The molecule has 0 radical (unpaired) electrons. The van der Waals surface area contributed by atoms with Crippen molar-refractivity contribution in [3.8, 4) is 28.6 Å². The van der Waals surface area contributed by atoms with Crippen LogP contribution in [0.2, 0.25) is 0 Å². The molecule has 1 N–H and O–H groups in total. The van der Waals surface area contributed by atoms with Crippen LogP contribution in [0.25, 0.3) is 11.4 Å². The molecule has 0 aliphatic carbocycles. The second kappa shape index (κ2) is 8.27. The van der Waals surface area contributed by atoms with E-state index in [9.17, 15) is 4.79 Å². The van der Waals surface area contributed by atoms with Crippen LogP contribution in [-0.2, 0) is 0 Å². The number of benzene rings is 1. The number of methoxy groups -OCH3 is 3. The highest BCUT2D eigenvalue weighted by Gasteiger charge is 2.36. The summed E-state index contributed by atoms with van der Waals surface area (Å²) in [6.45, 7) is 0.961. The van der Waals surface area contributed by atoms with Gasteiger partial charge in [-0.3, -0.25) is 4.98 Å². The molecule has 2 aromatic heterocycles. The first-order valence-electron chi connectivity index (χ1n) is 9.23. The van der Waals surface area contributed by atoms with Crippen molar-refractivity contribution in [2.45, 2.75) is 5.92 Å². The third-order valence-corrected chi connectivity index (χ3v) is 4.81. The Labute approximate surface area is 172 Å². The molecule has 1 aliphatic rings. The Morgan fingerprint density at radius 1 is 1.10 bits per heavy atom. The molecule has 1 saturated heterocycles. The van der Waals surface area contributed by atoms with Crippen LogP contribution >= 0.6 is 0 Å². The van der Waals surface area contributed by atoms with Gasteiger partial charge in [-0.2, -0.15) is 4.98 Å². The van der Waals surface area contributed by atoms with Gasteiger partial charge in [-0.05, 0) is 12.1 Å². The Hall–Kier alpha value is -3.82. The van der Waals surface area contributed by atoms with Crippen LogP contribution in [0.1, 0.15) is 11.8 Å². The highest BCUT2D eigenvalue weighted by atomic mass is 16.5. The van der Waals surface area contributed by atoms with Gasteiger partial charge in [0.05, 0.1) is 32.9 Å². The second-order valence-corrected chi connectivity index (χ2v) is 6.64. The fraction of sp³-hybridized carbons (Fsp3) is 0.300. The number of urea groups is 1. The molecule has 3 heterocycles. The normalized spacial score (nSPS) is 13.5. The molecule has 1 aliphatic heterocycles. The lowest BCUT2D eigenvalue weighted by molar-refractivity contribution is 0.147. The molecule has 4 rings (SSSR count). The number of nitrogens with zero attached hydrogens (tertiary/aromatic N) is 4. The maximum absolute atomic E-state index is 12.6. The standard InChI is InChI=1S/C20H21N5O5/c1-27-15-8-14(9-16(28-2)17(15)29-3)22-20(26)25-10-13(11-25)19-23-18(24-30-19)12-4-6-21-7-5-12/h4-9,13H,10-11H2,1-3H3,(H,22,26). The highest BCUT2D eigenvalue weighted by Crippen LogP contribution is 2.40. The molecule has 10 nitrogen and oxygen atoms in total. The molecule has 0 saturated carbocycles. The van der Waals surface area contributed by atoms with E-state index in [1.54, 1.807) is 29.4 Å². The molecule has 30 heavy (non-hydrogen) atoms. The summed E-state index contributed by atoms with van der Waals surface area (Å²) in [6, 6.07) is 6.74. The van der Waals surface area contributed by atoms with E-state index >= 15 is 0 Å². The number of amides is 2. The molecule has 2 amide bonds. The minimum atomic E-state index is -0.241. The lowest BCUT2D eigenvalue weighted by Gasteiger charge is -2.36. The van der Waals surface area contributed by atoms with Crippen LogP contribution in [0.15, 0.2) is 41.2 Å². The van der Waals surface area contributed by atoms with E-state index in [4.69, 9.17) is 18.7 Å². The number of carbonyl (C=O) groups excluding carboxylic acids is 1. The van der Waals surface area contributed by atoms with E-state index in [1.807, 2.05) is 12.1 Å².